The summed E-state index contributed by atoms with van der Waals surface area (Å²) in [6.07, 6.45) is 4.02. The van der Waals surface area contributed by atoms with Gasteiger partial charge in [-0.3, -0.25) is 38.4 Å². The van der Waals surface area contributed by atoms with Crippen molar-refractivity contribution in [1.82, 2.24) is 0 Å². The lowest BCUT2D eigenvalue weighted by atomic mass is 9.73. The number of esters is 2. The molecule has 4 aliphatic carbocycles. The normalized spacial score (nSPS) is 26.6. The van der Waals surface area contributed by atoms with Crippen LogP contribution in [0.5, 0.6) is 0 Å². The molecule has 0 N–H and O–H groups in total. The number of rotatable bonds is 8. The third-order valence-corrected chi connectivity index (χ3v) is 12.3. The Bertz CT molecular complexity index is 1820. The Morgan fingerprint density at radius 3 is 1.20 bits per heavy atom. The van der Waals surface area contributed by atoms with E-state index in [2.05, 4.69) is 0 Å². The van der Waals surface area contributed by atoms with Crippen LogP contribution < -0.4 is 0 Å². The van der Waals surface area contributed by atoms with E-state index in [1.165, 1.54) is 14.2 Å². The van der Waals surface area contributed by atoms with Gasteiger partial charge in [0.1, 0.15) is 11.8 Å². The van der Waals surface area contributed by atoms with E-state index in [1.807, 2.05) is 0 Å². The van der Waals surface area contributed by atoms with Crippen LogP contribution in [0, 0.1) is 35.5 Å². The average Bonchev–Trinajstić information content (AvgIpc) is 3.53. The number of hydrogen-bond acceptors (Lipinski definition) is 12. The van der Waals surface area contributed by atoms with Crippen molar-refractivity contribution in [3.05, 3.63) is 58.7 Å². The largest absolute Gasteiger partial charge is 0.469 e. The Hall–Kier alpha value is -4.65. The molecule has 0 radical (unpaired) electrons. The van der Waals surface area contributed by atoms with Crippen LogP contribution in [0.25, 0.3) is 0 Å². The second-order valence-corrected chi connectivity index (χ2v) is 15.0. The first-order valence-electron chi connectivity index (χ1n) is 16.3. The Labute approximate surface area is 281 Å². The third-order valence-electron chi connectivity index (χ3n) is 10.6. The van der Waals surface area contributed by atoms with Crippen LogP contribution in [0.3, 0.4) is 0 Å². The first-order valence-corrected chi connectivity index (χ1v) is 17.7. The summed E-state index contributed by atoms with van der Waals surface area (Å²) in [5, 5.41) is 0. The second-order valence-electron chi connectivity index (χ2n) is 13.1. The zero-order chi connectivity index (χ0) is 35.4. The lowest BCUT2D eigenvalue weighted by Crippen LogP contribution is -2.39. The molecule has 2 unspecified atom stereocenters. The van der Waals surface area contributed by atoms with Crippen LogP contribution >= 0.6 is 0 Å². The van der Waals surface area contributed by atoms with Crippen LogP contribution in [0.2, 0.25) is 0 Å². The number of carbonyl (C=O) groups is 8. The zero-order valence-electron chi connectivity index (χ0n) is 26.9. The molecule has 2 aromatic carbocycles. The van der Waals surface area contributed by atoms with Crippen molar-refractivity contribution in [1.29, 1.82) is 0 Å². The first kappa shape index (κ1) is 34.2. The van der Waals surface area contributed by atoms with Crippen molar-refractivity contribution in [3.8, 4) is 0 Å². The molecule has 4 aliphatic rings. The first-order chi connectivity index (χ1) is 23.3. The van der Waals surface area contributed by atoms with Gasteiger partial charge in [0.2, 0.25) is 9.84 Å². The molecule has 0 aliphatic heterocycles. The minimum Gasteiger partial charge on any atom is -0.469 e. The summed E-state index contributed by atoms with van der Waals surface area (Å²) >= 11 is 0. The van der Waals surface area contributed by atoms with Gasteiger partial charge >= 0.3 is 11.9 Å². The number of benzene rings is 2. The van der Waals surface area contributed by atoms with Gasteiger partial charge in [-0.1, -0.05) is 25.7 Å². The van der Waals surface area contributed by atoms with Gasteiger partial charge in [-0.15, -0.1) is 0 Å². The number of fused-ring (bicyclic) bond motifs is 2. The Morgan fingerprint density at radius 2 is 0.857 bits per heavy atom. The van der Waals surface area contributed by atoms with E-state index in [1.54, 1.807) is 0 Å². The van der Waals surface area contributed by atoms with Gasteiger partial charge < -0.3 is 9.47 Å². The highest BCUT2D eigenvalue weighted by molar-refractivity contribution is 7.91. The number of hydrogen-bond donors (Lipinski definition) is 0. The number of sulfone groups is 1. The fraction of sp³-hybridized carbons (Fsp3) is 0.444. The summed E-state index contributed by atoms with van der Waals surface area (Å²) < 4.78 is 37.3. The summed E-state index contributed by atoms with van der Waals surface area (Å²) in [4.78, 5) is 105. The maximum Gasteiger partial charge on any atom is 0.309 e. The molecule has 0 aromatic heterocycles. The maximum atomic E-state index is 13.8. The molecule has 6 atom stereocenters. The number of carbonyl (C=O) groups excluding carboxylic acids is 8. The lowest BCUT2D eigenvalue weighted by molar-refractivity contribution is -0.152. The second kappa shape index (κ2) is 13.0. The SMILES string of the molecule is COC(=O)[C@H]1CCCC[C@H]1C(=O)C1C(=O)c2ccc(S(=O)(=O)c3ccc4c(c3)C(=O)C(C(=O)[C@@H]3CCCC[C@@H]3C(=O)OC)C4=O)cc2C1=O. The zero-order valence-corrected chi connectivity index (χ0v) is 27.7. The van der Waals surface area contributed by atoms with Gasteiger partial charge in [0.15, 0.2) is 34.7 Å². The van der Waals surface area contributed by atoms with E-state index in [0.717, 1.165) is 36.4 Å². The minimum absolute atomic E-state index is 0.114. The van der Waals surface area contributed by atoms with Gasteiger partial charge in [0.25, 0.3) is 0 Å². The predicted molar refractivity (Wildman–Crippen MR) is 168 cm³/mol. The molecule has 0 spiro atoms. The summed E-state index contributed by atoms with van der Waals surface area (Å²) in [5.74, 6) is -12.6. The van der Waals surface area contributed by atoms with Gasteiger partial charge in [-0.25, -0.2) is 8.42 Å². The monoisotopic (exact) mass is 690 g/mol. The van der Waals surface area contributed by atoms with Crippen LogP contribution in [0.1, 0.15) is 92.8 Å². The minimum atomic E-state index is -4.45. The molecule has 0 amide bonds. The standard InChI is InChI=1S/C36H34O12S/c1-47-35(43)23-9-5-3-7-19(23)29(37)27-31(39)21-13-11-17(15-25(21)33(27)41)49(45,46)18-12-14-22-26(16-18)34(42)28(32(22)40)30(38)20-8-4-6-10-24(20)36(44)48-2/h11-16,19-20,23-24,27-28H,3-10H2,1-2H3/t19-,20-,23+,24+,27?,28?/m1/s1. The Kier molecular flexibility index (Phi) is 9.08. The summed E-state index contributed by atoms with van der Waals surface area (Å²) in [6.45, 7) is 0. The number of methoxy groups -OCH3 is 2. The molecule has 0 bridgehead atoms. The fourth-order valence-corrected chi connectivity index (χ4v) is 9.28. The quantitative estimate of drug-likeness (QED) is 0.290. The average molecular weight is 691 g/mol. The molecule has 0 heterocycles. The molecule has 12 nitrogen and oxygen atoms in total. The van der Waals surface area contributed by atoms with E-state index in [0.29, 0.717) is 51.4 Å². The molecule has 13 heteroatoms. The fourth-order valence-electron chi connectivity index (χ4n) is 7.97. The van der Waals surface area contributed by atoms with Crippen molar-refractivity contribution in [3.63, 3.8) is 0 Å². The molecule has 0 saturated heterocycles. The predicted octanol–water partition coefficient (Wildman–Crippen LogP) is 3.61. The van der Waals surface area contributed by atoms with Gasteiger partial charge in [-0.2, -0.15) is 0 Å². The smallest absolute Gasteiger partial charge is 0.309 e. The van der Waals surface area contributed by atoms with Crippen LogP contribution in [-0.4, -0.2) is 69.3 Å². The molecule has 6 rings (SSSR count). The van der Waals surface area contributed by atoms with Crippen molar-refractivity contribution in [2.45, 2.75) is 61.2 Å². The van der Waals surface area contributed by atoms with Gasteiger partial charge in [0, 0.05) is 34.1 Å². The Balaban J connectivity index is 1.27. The third kappa shape index (κ3) is 5.57. The molecular weight excluding hydrogens is 656 g/mol. The van der Waals surface area contributed by atoms with Crippen LogP contribution in [0.4, 0.5) is 0 Å². The topological polar surface area (TPSA) is 189 Å². The van der Waals surface area contributed by atoms with Gasteiger partial charge in [0.05, 0.1) is 35.8 Å². The molecule has 49 heavy (non-hydrogen) atoms. The van der Waals surface area contributed by atoms with Crippen molar-refractivity contribution < 1.29 is 56.2 Å². The Morgan fingerprint density at radius 1 is 0.531 bits per heavy atom. The summed E-state index contributed by atoms with van der Waals surface area (Å²) in [5.41, 5.74) is -0.727. The number of ketones is 6. The highest BCUT2D eigenvalue weighted by Crippen LogP contribution is 2.40. The van der Waals surface area contributed by atoms with Crippen molar-refractivity contribution >= 4 is 56.5 Å². The number of ether oxygens (including phenoxy) is 2. The van der Waals surface area contributed by atoms with E-state index in [-0.39, 0.29) is 22.3 Å². The van der Waals surface area contributed by atoms with Crippen LogP contribution in [0.15, 0.2) is 46.2 Å². The van der Waals surface area contributed by atoms with Crippen LogP contribution in [-0.2, 0) is 38.5 Å². The maximum absolute atomic E-state index is 13.8. The summed E-state index contributed by atoms with van der Waals surface area (Å²) in [6, 6.07) is 6.58. The molecule has 2 aromatic rings. The molecule has 256 valence electrons. The van der Waals surface area contributed by atoms with E-state index < -0.39 is 102 Å². The van der Waals surface area contributed by atoms with Crippen molar-refractivity contribution in [2.24, 2.45) is 35.5 Å². The molecule has 2 fully saturated rings. The van der Waals surface area contributed by atoms with E-state index >= 15 is 0 Å². The molecule has 2 saturated carbocycles. The molecular formula is C36H34O12S. The highest BCUT2D eigenvalue weighted by atomic mass is 32.2. The van der Waals surface area contributed by atoms with E-state index in [4.69, 9.17) is 9.47 Å². The van der Waals surface area contributed by atoms with Gasteiger partial charge in [-0.05, 0) is 62.1 Å². The highest BCUT2D eigenvalue weighted by Gasteiger charge is 2.50. The summed E-state index contributed by atoms with van der Waals surface area (Å²) in [7, 11) is -2.04. The van der Waals surface area contributed by atoms with Crippen molar-refractivity contribution in [2.75, 3.05) is 14.2 Å². The number of Topliss-reactive ketones (excluding diaryl/α,β-unsaturated/α-hetero) is 6. The lowest BCUT2D eigenvalue weighted by Gasteiger charge is -2.29. The van der Waals surface area contributed by atoms with E-state index in [9.17, 15) is 46.8 Å².